The summed E-state index contributed by atoms with van der Waals surface area (Å²) in [6.45, 7) is 1.90. The molecule has 1 aromatic heterocycles. The molecule has 0 radical (unpaired) electrons. The number of nitrogens with zero attached hydrogens (tertiary/aromatic N) is 2. The Morgan fingerprint density at radius 1 is 1.26 bits per heavy atom. The largest absolute Gasteiger partial charge is 0.465 e. The lowest BCUT2D eigenvalue weighted by Gasteiger charge is -2.06. The van der Waals surface area contributed by atoms with Crippen molar-refractivity contribution >= 4 is 29.3 Å². The summed E-state index contributed by atoms with van der Waals surface area (Å²) >= 11 is 1.50. The van der Waals surface area contributed by atoms with Crippen molar-refractivity contribution in [2.75, 3.05) is 18.2 Å². The number of aryl methyl sites for hydroxylation is 1. The van der Waals surface area contributed by atoms with Gasteiger partial charge >= 0.3 is 5.97 Å². The third-order valence-corrected chi connectivity index (χ3v) is 3.85. The number of amides is 1. The Hall–Kier alpha value is -2.41. The quantitative estimate of drug-likeness (QED) is 0.498. The maximum absolute atomic E-state index is 11.9. The van der Waals surface area contributed by atoms with Crippen molar-refractivity contribution in [3.05, 3.63) is 47.9 Å². The number of rotatable bonds is 6. The lowest BCUT2D eigenvalue weighted by molar-refractivity contribution is -0.115. The van der Waals surface area contributed by atoms with Gasteiger partial charge in [-0.25, -0.2) is 14.8 Å². The van der Waals surface area contributed by atoms with Crippen LogP contribution in [0.4, 0.5) is 5.69 Å². The lowest BCUT2D eigenvalue weighted by atomic mass is 10.2. The maximum atomic E-state index is 11.9. The van der Waals surface area contributed by atoms with Crippen molar-refractivity contribution in [2.45, 2.75) is 18.4 Å². The highest BCUT2D eigenvalue weighted by Gasteiger charge is 2.08. The molecule has 7 heteroatoms. The van der Waals surface area contributed by atoms with E-state index in [1.807, 2.05) is 13.0 Å². The minimum atomic E-state index is -0.434. The van der Waals surface area contributed by atoms with Crippen molar-refractivity contribution in [1.29, 1.82) is 0 Å². The van der Waals surface area contributed by atoms with Crippen LogP contribution in [0.15, 0.2) is 41.7 Å². The van der Waals surface area contributed by atoms with Gasteiger partial charge in [-0.15, -0.1) is 11.8 Å². The molecule has 23 heavy (non-hydrogen) atoms. The van der Waals surface area contributed by atoms with Crippen molar-refractivity contribution < 1.29 is 14.3 Å². The molecule has 0 aliphatic carbocycles. The number of carbonyl (C=O) groups excluding carboxylic acids is 2. The van der Waals surface area contributed by atoms with Gasteiger partial charge in [0.15, 0.2) is 0 Å². The number of methoxy groups -OCH3 is 1. The monoisotopic (exact) mass is 331 g/mol. The van der Waals surface area contributed by atoms with Crippen LogP contribution in [0.1, 0.15) is 22.5 Å². The van der Waals surface area contributed by atoms with Crippen LogP contribution in [0.5, 0.6) is 0 Å². The Labute approximate surface area is 138 Å². The molecule has 1 aromatic carbocycles. The SMILES string of the molecule is COC(=O)c1cccc(NC(=O)CCSc2cc(C)ncn2)c1. The van der Waals surface area contributed by atoms with Crippen LogP contribution in [-0.2, 0) is 9.53 Å². The number of hydrogen-bond donors (Lipinski definition) is 1. The second kappa shape index (κ2) is 8.28. The van der Waals surface area contributed by atoms with Gasteiger partial charge < -0.3 is 10.1 Å². The predicted molar refractivity (Wildman–Crippen MR) is 88.5 cm³/mol. The first-order valence-corrected chi connectivity index (χ1v) is 7.96. The molecule has 0 spiro atoms. The summed E-state index contributed by atoms with van der Waals surface area (Å²) in [4.78, 5) is 31.6. The predicted octanol–water partition coefficient (Wildman–Crippen LogP) is 2.69. The number of nitrogens with one attached hydrogen (secondary N) is 1. The van der Waals surface area contributed by atoms with Crippen molar-refractivity contribution in [3.63, 3.8) is 0 Å². The molecule has 6 nitrogen and oxygen atoms in total. The number of anilines is 1. The average Bonchev–Trinajstić information content (AvgIpc) is 2.54. The van der Waals surface area contributed by atoms with E-state index in [1.165, 1.54) is 25.2 Å². The van der Waals surface area contributed by atoms with Crippen LogP contribution >= 0.6 is 11.8 Å². The summed E-state index contributed by atoms with van der Waals surface area (Å²) in [7, 11) is 1.32. The zero-order valence-corrected chi connectivity index (χ0v) is 13.7. The van der Waals surface area contributed by atoms with E-state index in [0.717, 1.165) is 10.7 Å². The van der Waals surface area contributed by atoms with Crippen LogP contribution in [0, 0.1) is 6.92 Å². The van der Waals surface area contributed by atoms with E-state index in [4.69, 9.17) is 0 Å². The van der Waals surface area contributed by atoms with Gasteiger partial charge in [0.25, 0.3) is 0 Å². The molecule has 1 amide bonds. The minimum Gasteiger partial charge on any atom is -0.465 e. The summed E-state index contributed by atoms with van der Waals surface area (Å²) in [5.74, 6) is 0.0555. The molecule has 0 saturated carbocycles. The molecule has 0 fully saturated rings. The molecule has 2 rings (SSSR count). The Morgan fingerprint density at radius 3 is 2.83 bits per heavy atom. The number of hydrogen-bond acceptors (Lipinski definition) is 6. The molecule has 0 bridgehead atoms. The third kappa shape index (κ3) is 5.37. The molecule has 0 unspecified atom stereocenters. The highest BCUT2D eigenvalue weighted by molar-refractivity contribution is 7.99. The first-order chi connectivity index (χ1) is 11.1. The van der Waals surface area contributed by atoms with Crippen LogP contribution in [-0.4, -0.2) is 34.7 Å². The Kier molecular flexibility index (Phi) is 6.10. The maximum Gasteiger partial charge on any atom is 0.337 e. The molecule has 1 N–H and O–H groups in total. The third-order valence-electron chi connectivity index (χ3n) is 2.93. The van der Waals surface area contributed by atoms with Gasteiger partial charge in [-0.2, -0.15) is 0 Å². The number of ether oxygens (including phenoxy) is 1. The smallest absolute Gasteiger partial charge is 0.337 e. The molecule has 0 aliphatic heterocycles. The fourth-order valence-corrected chi connectivity index (χ4v) is 2.69. The summed E-state index contributed by atoms with van der Waals surface area (Å²) in [5, 5.41) is 3.61. The van der Waals surface area contributed by atoms with Gasteiger partial charge in [-0.3, -0.25) is 4.79 Å². The summed E-state index contributed by atoms with van der Waals surface area (Å²) in [6, 6.07) is 8.52. The fourth-order valence-electron chi connectivity index (χ4n) is 1.82. The van der Waals surface area contributed by atoms with Crippen molar-refractivity contribution in [3.8, 4) is 0 Å². The molecule has 0 saturated heterocycles. The van der Waals surface area contributed by atoms with E-state index in [1.54, 1.807) is 24.3 Å². The highest BCUT2D eigenvalue weighted by atomic mass is 32.2. The van der Waals surface area contributed by atoms with E-state index in [2.05, 4.69) is 20.0 Å². The van der Waals surface area contributed by atoms with Gasteiger partial charge in [0.2, 0.25) is 5.91 Å². The summed E-state index contributed by atoms with van der Waals surface area (Å²) < 4.78 is 4.65. The van der Waals surface area contributed by atoms with Gasteiger partial charge in [-0.1, -0.05) is 6.07 Å². The van der Waals surface area contributed by atoms with Gasteiger partial charge in [0, 0.05) is 23.6 Å². The van der Waals surface area contributed by atoms with Gasteiger partial charge in [0.05, 0.1) is 17.7 Å². The second-order valence-electron chi connectivity index (χ2n) is 4.72. The molecule has 120 valence electrons. The molecule has 0 aliphatic rings. The van der Waals surface area contributed by atoms with Crippen molar-refractivity contribution in [1.82, 2.24) is 9.97 Å². The van der Waals surface area contributed by atoms with Gasteiger partial charge in [0.1, 0.15) is 6.33 Å². The number of thioether (sulfide) groups is 1. The number of esters is 1. The van der Waals surface area contributed by atoms with Crippen LogP contribution in [0.3, 0.4) is 0 Å². The standard InChI is InChI=1S/C16H17N3O3S/c1-11-8-15(18-10-17-11)23-7-6-14(20)19-13-5-3-4-12(9-13)16(21)22-2/h3-5,8-10H,6-7H2,1-2H3,(H,19,20). The van der Waals surface area contributed by atoms with E-state index in [9.17, 15) is 9.59 Å². The van der Waals surface area contributed by atoms with E-state index in [-0.39, 0.29) is 5.91 Å². The normalized spacial score (nSPS) is 10.2. The van der Waals surface area contributed by atoms with E-state index < -0.39 is 5.97 Å². The number of benzene rings is 1. The van der Waals surface area contributed by atoms with Gasteiger partial charge in [-0.05, 0) is 31.2 Å². The fraction of sp³-hybridized carbons (Fsp3) is 0.250. The number of aromatic nitrogens is 2. The Morgan fingerprint density at radius 2 is 2.09 bits per heavy atom. The first-order valence-electron chi connectivity index (χ1n) is 6.98. The first kappa shape index (κ1) is 17.0. The lowest BCUT2D eigenvalue weighted by Crippen LogP contribution is -2.13. The minimum absolute atomic E-state index is 0.120. The highest BCUT2D eigenvalue weighted by Crippen LogP contribution is 2.17. The van der Waals surface area contributed by atoms with E-state index >= 15 is 0 Å². The second-order valence-corrected chi connectivity index (χ2v) is 5.83. The zero-order valence-electron chi connectivity index (χ0n) is 12.9. The van der Waals surface area contributed by atoms with Crippen molar-refractivity contribution in [2.24, 2.45) is 0 Å². The number of carbonyl (C=O) groups is 2. The summed E-state index contributed by atoms with van der Waals surface area (Å²) in [5.41, 5.74) is 1.86. The Bertz CT molecular complexity index is 706. The molecule has 0 atom stereocenters. The topological polar surface area (TPSA) is 81.2 Å². The molecule has 2 aromatic rings. The van der Waals surface area contributed by atoms with Crippen LogP contribution in [0.2, 0.25) is 0 Å². The molecular weight excluding hydrogens is 314 g/mol. The van der Waals surface area contributed by atoms with E-state index in [0.29, 0.717) is 23.4 Å². The summed E-state index contributed by atoms with van der Waals surface area (Å²) in [6.07, 6.45) is 1.85. The Balaban J connectivity index is 1.84. The molecule has 1 heterocycles. The zero-order chi connectivity index (χ0) is 16.7. The average molecular weight is 331 g/mol. The van der Waals surface area contributed by atoms with Crippen LogP contribution in [0.25, 0.3) is 0 Å². The molecular formula is C16H17N3O3S. The van der Waals surface area contributed by atoms with Crippen LogP contribution < -0.4 is 5.32 Å².